The summed E-state index contributed by atoms with van der Waals surface area (Å²) in [5.41, 5.74) is 2.23. The molecule has 3 nitrogen and oxygen atoms in total. The predicted molar refractivity (Wildman–Crippen MR) is 74.0 cm³/mol. The Morgan fingerprint density at radius 3 is 2.53 bits per heavy atom. The molecule has 1 fully saturated rings. The largest absolute Gasteiger partial charge is 0.389 e. The fourth-order valence-electron chi connectivity index (χ4n) is 2.62. The number of halogens is 1. The van der Waals surface area contributed by atoms with Gasteiger partial charge in [-0.2, -0.15) is 0 Å². The highest BCUT2D eigenvalue weighted by molar-refractivity contribution is 5.57. The first-order valence-corrected chi connectivity index (χ1v) is 6.78. The molecule has 1 aliphatic heterocycles. The van der Waals surface area contributed by atoms with Crippen LogP contribution in [0, 0.1) is 12.7 Å². The van der Waals surface area contributed by atoms with Crippen LogP contribution in [0.3, 0.4) is 0 Å². The number of aryl methyl sites for hydroxylation is 1. The third kappa shape index (κ3) is 3.07. The molecule has 4 heteroatoms. The molecule has 0 bridgehead atoms. The first-order valence-electron chi connectivity index (χ1n) is 6.78. The molecule has 1 aliphatic rings. The highest BCUT2D eigenvalue weighted by atomic mass is 19.1. The Bertz CT molecular complexity index is 440. The van der Waals surface area contributed by atoms with Crippen molar-refractivity contribution in [2.45, 2.75) is 38.9 Å². The van der Waals surface area contributed by atoms with Gasteiger partial charge < -0.3 is 14.7 Å². The third-order valence-electron chi connectivity index (χ3n) is 3.87. The molecular formula is C15H22FNO2. The average Bonchev–Trinajstić information content (AvgIpc) is 2.41. The standard InChI is InChI=1S/C15H22FNO2/c1-10-8-15(13(11(2)18)9-14(10)16)17-6-4-12(19-3)5-7-17/h8-9,11-12,18H,4-7H2,1-3H3/t11-/m1/s1. The minimum Gasteiger partial charge on any atom is -0.389 e. The van der Waals surface area contributed by atoms with E-state index < -0.39 is 6.10 Å². The molecule has 19 heavy (non-hydrogen) atoms. The minimum atomic E-state index is -0.662. The Balaban J connectivity index is 2.26. The zero-order chi connectivity index (χ0) is 14.0. The van der Waals surface area contributed by atoms with E-state index in [0.717, 1.165) is 31.6 Å². The van der Waals surface area contributed by atoms with Crippen molar-refractivity contribution in [2.24, 2.45) is 0 Å². The number of ether oxygens (including phenoxy) is 1. The lowest BCUT2D eigenvalue weighted by Crippen LogP contribution is -2.37. The smallest absolute Gasteiger partial charge is 0.126 e. The number of anilines is 1. The van der Waals surface area contributed by atoms with Crippen molar-refractivity contribution in [3.63, 3.8) is 0 Å². The van der Waals surface area contributed by atoms with Gasteiger partial charge in [-0.25, -0.2) is 4.39 Å². The molecule has 0 unspecified atom stereocenters. The SMILES string of the molecule is COC1CCN(c2cc(C)c(F)cc2[C@@H](C)O)CC1. The molecular weight excluding hydrogens is 245 g/mol. The molecule has 1 aromatic carbocycles. The Morgan fingerprint density at radius 1 is 1.37 bits per heavy atom. The topological polar surface area (TPSA) is 32.7 Å². The van der Waals surface area contributed by atoms with Crippen LogP contribution in [0.15, 0.2) is 12.1 Å². The minimum absolute atomic E-state index is 0.258. The maximum absolute atomic E-state index is 13.7. The number of nitrogens with zero attached hydrogens (tertiary/aromatic N) is 1. The van der Waals surface area contributed by atoms with Crippen LogP contribution in [0.25, 0.3) is 0 Å². The van der Waals surface area contributed by atoms with Crippen LogP contribution in [-0.4, -0.2) is 31.4 Å². The van der Waals surface area contributed by atoms with E-state index in [1.54, 1.807) is 21.0 Å². The first-order chi connectivity index (χ1) is 9.02. The lowest BCUT2D eigenvalue weighted by Gasteiger charge is -2.34. The number of rotatable bonds is 3. The van der Waals surface area contributed by atoms with Gasteiger partial charge in [-0.15, -0.1) is 0 Å². The molecule has 1 heterocycles. The summed E-state index contributed by atoms with van der Waals surface area (Å²) in [5.74, 6) is -0.258. The first kappa shape index (κ1) is 14.3. The lowest BCUT2D eigenvalue weighted by molar-refractivity contribution is 0.0818. The second-order valence-corrected chi connectivity index (χ2v) is 5.26. The predicted octanol–water partition coefficient (Wildman–Crippen LogP) is 2.80. The van der Waals surface area contributed by atoms with Gasteiger partial charge in [-0.3, -0.25) is 0 Å². The van der Waals surface area contributed by atoms with E-state index >= 15 is 0 Å². The second-order valence-electron chi connectivity index (χ2n) is 5.26. The molecule has 1 saturated heterocycles. The van der Waals surface area contributed by atoms with Gasteiger partial charge in [-0.1, -0.05) is 0 Å². The van der Waals surface area contributed by atoms with Crippen LogP contribution in [-0.2, 0) is 4.74 Å². The molecule has 106 valence electrons. The van der Waals surface area contributed by atoms with E-state index in [4.69, 9.17) is 4.74 Å². The fraction of sp³-hybridized carbons (Fsp3) is 0.600. The molecule has 2 rings (SSSR count). The quantitative estimate of drug-likeness (QED) is 0.914. The number of benzene rings is 1. The molecule has 1 aromatic rings. The van der Waals surface area contributed by atoms with Crippen LogP contribution in [0.2, 0.25) is 0 Å². The summed E-state index contributed by atoms with van der Waals surface area (Å²) in [6, 6.07) is 3.29. The lowest BCUT2D eigenvalue weighted by atomic mass is 10.0. The van der Waals surface area contributed by atoms with Crippen molar-refractivity contribution in [1.29, 1.82) is 0 Å². The van der Waals surface area contributed by atoms with Crippen LogP contribution in [0.4, 0.5) is 10.1 Å². The van der Waals surface area contributed by atoms with Gasteiger partial charge in [0, 0.05) is 31.5 Å². The number of aliphatic hydroxyl groups is 1. The monoisotopic (exact) mass is 267 g/mol. The maximum atomic E-state index is 13.7. The van der Waals surface area contributed by atoms with E-state index in [1.165, 1.54) is 6.07 Å². The van der Waals surface area contributed by atoms with Crippen molar-refractivity contribution in [3.05, 3.63) is 29.1 Å². The summed E-state index contributed by atoms with van der Waals surface area (Å²) in [5, 5.41) is 9.83. The van der Waals surface area contributed by atoms with Crippen LogP contribution >= 0.6 is 0 Å². The second kappa shape index (κ2) is 5.88. The van der Waals surface area contributed by atoms with Gasteiger partial charge >= 0.3 is 0 Å². The van der Waals surface area contributed by atoms with E-state index in [1.807, 2.05) is 6.07 Å². The van der Waals surface area contributed by atoms with Gasteiger partial charge in [0.15, 0.2) is 0 Å². The summed E-state index contributed by atoms with van der Waals surface area (Å²) >= 11 is 0. The van der Waals surface area contributed by atoms with Gasteiger partial charge in [0.2, 0.25) is 0 Å². The molecule has 0 aromatic heterocycles. The number of methoxy groups -OCH3 is 1. The molecule has 1 N–H and O–H groups in total. The highest BCUT2D eigenvalue weighted by Crippen LogP contribution is 2.31. The normalized spacial score (nSPS) is 18.7. The molecule has 0 radical (unpaired) electrons. The van der Waals surface area contributed by atoms with E-state index in [2.05, 4.69) is 4.90 Å². The number of piperidine rings is 1. The van der Waals surface area contributed by atoms with Crippen molar-refractivity contribution in [1.82, 2.24) is 0 Å². The average molecular weight is 267 g/mol. The molecule has 0 amide bonds. The molecule has 0 saturated carbocycles. The Morgan fingerprint density at radius 2 is 2.00 bits per heavy atom. The van der Waals surface area contributed by atoms with Gasteiger partial charge in [-0.05, 0) is 44.4 Å². The molecule has 0 spiro atoms. The number of hydrogen-bond acceptors (Lipinski definition) is 3. The zero-order valence-electron chi connectivity index (χ0n) is 11.8. The van der Waals surface area contributed by atoms with E-state index in [0.29, 0.717) is 17.2 Å². The molecule has 1 atom stereocenters. The summed E-state index contributed by atoms with van der Waals surface area (Å²) in [7, 11) is 1.74. The van der Waals surface area contributed by atoms with Crippen LogP contribution in [0.1, 0.15) is 37.0 Å². The van der Waals surface area contributed by atoms with Gasteiger partial charge in [0.25, 0.3) is 0 Å². The summed E-state index contributed by atoms with van der Waals surface area (Å²) in [6.07, 6.45) is 1.58. The summed E-state index contributed by atoms with van der Waals surface area (Å²) in [4.78, 5) is 2.21. The molecule has 0 aliphatic carbocycles. The van der Waals surface area contributed by atoms with Gasteiger partial charge in [0.05, 0.1) is 12.2 Å². The van der Waals surface area contributed by atoms with Crippen molar-refractivity contribution >= 4 is 5.69 Å². The zero-order valence-corrected chi connectivity index (χ0v) is 11.8. The van der Waals surface area contributed by atoms with Crippen molar-refractivity contribution in [2.75, 3.05) is 25.1 Å². The van der Waals surface area contributed by atoms with E-state index in [9.17, 15) is 9.50 Å². The third-order valence-corrected chi connectivity index (χ3v) is 3.87. The fourth-order valence-corrected chi connectivity index (χ4v) is 2.62. The Labute approximate surface area is 114 Å². The highest BCUT2D eigenvalue weighted by Gasteiger charge is 2.22. The van der Waals surface area contributed by atoms with Crippen molar-refractivity contribution in [3.8, 4) is 0 Å². The van der Waals surface area contributed by atoms with Crippen molar-refractivity contribution < 1.29 is 14.2 Å². The number of aliphatic hydroxyl groups excluding tert-OH is 1. The summed E-state index contributed by atoms with van der Waals surface area (Å²) in [6.45, 7) is 5.19. The Kier molecular flexibility index (Phi) is 4.42. The van der Waals surface area contributed by atoms with Gasteiger partial charge in [0.1, 0.15) is 5.82 Å². The van der Waals surface area contributed by atoms with Crippen LogP contribution in [0.5, 0.6) is 0 Å². The Hall–Kier alpha value is -1.13. The van der Waals surface area contributed by atoms with E-state index in [-0.39, 0.29) is 5.82 Å². The number of hydrogen-bond donors (Lipinski definition) is 1. The van der Waals surface area contributed by atoms with Crippen LogP contribution < -0.4 is 4.90 Å². The maximum Gasteiger partial charge on any atom is 0.126 e. The summed E-state index contributed by atoms with van der Waals surface area (Å²) < 4.78 is 19.0.